The zero-order valence-electron chi connectivity index (χ0n) is 9.82. The molecule has 0 saturated heterocycles. The van der Waals surface area contributed by atoms with E-state index in [1.54, 1.807) is 0 Å². The maximum atomic E-state index is 12.1. The van der Waals surface area contributed by atoms with Gasteiger partial charge in [0, 0.05) is 12.0 Å². The molecule has 88 valence electrons. The van der Waals surface area contributed by atoms with Crippen LogP contribution in [0.1, 0.15) is 44.9 Å². The molecule has 3 atom stereocenters. The van der Waals surface area contributed by atoms with Crippen molar-refractivity contribution in [1.82, 2.24) is 5.32 Å². The molecule has 2 heteroatoms. The van der Waals surface area contributed by atoms with Crippen molar-refractivity contribution in [2.75, 3.05) is 0 Å². The second kappa shape index (κ2) is 4.23. The number of nitrogens with one attached hydrogen (secondary N) is 1. The first-order valence-corrected chi connectivity index (χ1v) is 6.81. The second-order valence-corrected chi connectivity index (χ2v) is 5.73. The first kappa shape index (κ1) is 10.4. The van der Waals surface area contributed by atoms with E-state index in [-0.39, 0.29) is 0 Å². The SMILES string of the molecule is O=C(NC1CC2C=CC1C2)C1CCCCC1. The number of fused-ring (bicyclic) bond motifs is 2. The Balaban J connectivity index is 1.54. The quantitative estimate of drug-likeness (QED) is 0.711. The Morgan fingerprint density at radius 2 is 1.88 bits per heavy atom. The number of allylic oxidation sites excluding steroid dienone is 1. The molecule has 0 aromatic heterocycles. The van der Waals surface area contributed by atoms with Crippen LogP contribution in [0, 0.1) is 17.8 Å². The summed E-state index contributed by atoms with van der Waals surface area (Å²) in [7, 11) is 0. The molecule has 0 aliphatic heterocycles. The molecular formula is C14H21NO. The van der Waals surface area contributed by atoms with Gasteiger partial charge in [0.2, 0.25) is 5.91 Å². The Morgan fingerprint density at radius 3 is 2.50 bits per heavy atom. The van der Waals surface area contributed by atoms with Crippen molar-refractivity contribution < 1.29 is 4.79 Å². The number of carbonyl (C=O) groups excluding carboxylic acids is 1. The summed E-state index contributed by atoms with van der Waals surface area (Å²) in [6.45, 7) is 0. The summed E-state index contributed by atoms with van der Waals surface area (Å²) in [6, 6.07) is 0.449. The predicted octanol–water partition coefficient (Wildman–Crippen LogP) is 2.65. The van der Waals surface area contributed by atoms with Gasteiger partial charge in [-0.3, -0.25) is 4.79 Å². The standard InChI is InChI=1S/C14H21NO/c16-14(11-4-2-1-3-5-11)15-13-9-10-6-7-12(13)8-10/h6-7,10-13H,1-5,8-9H2,(H,15,16). The maximum Gasteiger partial charge on any atom is 0.223 e. The Kier molecular flexibility index (Phi) is 2.74. The minimum absolute atomic E-state index is 0.317. The molecule has 3 rings (SSSR count). The third kappa shape index (κ3) is 1.90. The average molecular weight is 219 g/mol. The zero-order chi connectivity index (χ0) is 11.0. The lowest BCUT2D eigenvalue weighted by atomic mass is 9.88. The van der Waals surface area contributed by atoms with Gasteiger partial charge in [0.1, 0.15) is 0 Å². The first-order valence-electron chi connectivity index (χ1n) is 6.81. The van der Waals surface area contributed by atoms with Crippen molar-refractivity contribution in [3.8, 4) is 0 Å². The predicted molar refractivity (Wildman–Crippen MR) is 63.9 cm³/mol. The number of amides is 1. The van der Waals surface area contributed by atoms with E-state index in [1.807, 2.05) is 0 Å². The molecule has 0 spiro atoms. The smallest absolute Gasteiger partial charge is 0.223 e. The molecule has 2 bridgehead atoms. The molecule has 3 aliphatic carbocycles. The van der Waals surface area contributed by atoms with Crippen LogP contribution in [0.25, 0.3) is 0 Å². The average Bonchev–Trinajstić information content (AvgIpc) is 2.92. The summed E-state index contributed by atoms with van der Waals surface area (Å²) in [5.41, 5.74) is 0. The van der Waals surface area contributed by atoms with Gasteiger partial charge in [-0.05, 0) is 37.5 Å². The number of hydrogen-bond donors (Lipinski definition) is 1. The lowest BCUT2D eigenvalue weighted by Crippen LogP contribution is -2.41. The van der Waals surface area contributed by atoms with Gasteiger partial charge in [0.25, 0.3) is 0 Å². The lowest BCUT2D eigenvalue weighted by Gasteiger charge is -2.25. The molecule has 16 heavy (non-hydrogen) atoms. The van der Waals surface area contributed by atoms with Crippen molar-refractivity contribution in [3.63, 3.8) is 0 Å². The van der Waals surface area contributed by atoms with Gasteiger partial charge >= 0.3 is 0 Å². The Labute approximate surface area is 97.5 Å². The molecule has 0 aromatic rings. The zero-order valence-corrected chi connectivity index (χ0v) is 9.82. The fourth-order valence-electron chi connectivity index (χ4n) is 3.61. The van der Waals surface area contributed by atoms with Crippen molar-refractivity contribution in [2.24, 2.45) is 17.8 Å². The van der Waals surface area contributed by atoms with E-state index in [9.17, 15) is 4.79 Å². The minimum Gasteiger partial charge on any atom is -0.353 e. The highest BCUT2D eigenvalue weighted by atomic mass is 16.1. The third-order valence-corrected chi connectivity index (χ3v) is 4.58. The highest BCUT2D eigenvalue weighted by molar-refractivity contribution is 5.79. The summed E-state index contributed by atoms with van der Waals surface area (Å²) >= 11 is 0. The number of carbonyl (C=O) groups is 1. The van der Waals surface area contributed by atoms with Crippen LogP contribution in [0.5, 0.6) is 0 Å². The van der Waals surface area contributed by atoms with Crippen LogP contribution in [0.4, 0.5) is 0 Å². The monoisotopic (exact) mass is 219 g/mol. The number of hydrogen-bond acceptors (Lipinski definition) is 1. The minimum atomic E-state index is 0.317. The van der Waals surface area contributed by atoms with Gasteiger partial charge < -0.3 is 5.32 Å². The van der Waals surface area contributed by atoms with Gasteiger partial charge in [0.05, 0.1) is 0 Å². The fourth-order valence-corrected chi connectivity index (χ4v) is 3.61. The molecule has 0 aromatic carbocycles. The van der Waals surface area contributed by atoms with Crippen molar-refractivity contribution in [1.29, 1.82) is 0 Å². The molecule has 1 N–H and O–H groups in total. The van der Waals surface area contributed by atoms with E-state index in [0.29, 0.717) is 23.8 Å². The maximum absolute atomic E-state index is 12.1. The summed E-state index contributed by atoms with van der Waals surface area (Å²) < 4.78 is 0. The van der Waals surface area contributed by atoms with Crippen LogP contribution in [0.15, 0.2) is 12.2 Å². The van der Waals surface area contributed by atoms with Gasteiger partial charge in [0.15, 0.2) is 0 Å². The molecule has 0 radical (unpaired) electrons. The topological polar surface area (TPSA) is 29.1 Å². The Bertz CT molecular complexity index is 304. The normalized spacial score (nSPS) is 37.9. The molecule has 3 unspecified atom stereocenters. The summed E-state index contributed by atoms with van der Waals surface area (Å²) in [6.07, 6.45) is 13.1. The van der Waals surface area contributed by atoms with Crippen LogP contribution in [-0.2, 0) is 4.79 Å². The fraction of sp³-hybridized carbons (Fsp3) is 0.786. The lowest BCUT2D eigenvalue weighted by molar-refractivity contribution is -0.126. The molecule has 2 saturated carbocycles. The molecule has 2 nitrogen and oxygen atoms in total. The summed E-state index contributed by atoms with van der Waals surface area (Å²) in [5, 5.41) is 3.29. The van der Waals surface area contributed by atoms with Gasteiger partial charge in [-0.15, -0.1) is 0 Å². The van der Waals surface area contributed by atoms with Crippen LogP contribution in [0.3, 0.4) is 0 Å². The van der Waals surface area contributed by atoms with Crippen LogP contribution < -0.4 is 5.32 Å². The molecule has 2 fully saturated rings. The van der Waals surface area contributed by atoms with Crippen LogP contribution in [0.2, 0.25) is 0 Å². The summed E-state index contributed by atoms with van der Waals surface area (Å²) in [5.74, 6) is 2.04. The molecular weight excluding hydrogens is 198 g/mol. The number of rotatable bonds is 2. The highest BCUT2D eigenvalue weighted by Gasteiger charge is 2.37. The largest absolute Gasteiger partial charge is 0.353 e. The van der Waals surface area contributed by atoms with E-state index in [2.05, 4.69) is 17.5 Å². The van der Waals surface area contributed by atoms with E-state index in [4.69, 9.17) is 0 Å². The second-order valence-electron chi connectivity index (χ2n) is 5.73. The molecule has 1 amide bonds. The van der Waals surface area contributed by atoms with Gasteiger partial charge in [-0.2, -0.15) is 0 Å². The summed E-state index contributed by atoms with van der Waals surface area (Å²) in [4.78, 5) is 12.1. The van der Waals surface area contributed by atoms with Gasteiger partial charge in [-0.25, -0.2) is 0 Å². The van der Waals surface area contributed by atoms with Crippen molar-refractivity contribution in [3.05, 3.63) is 12.2 Å². The molecule has 3 aliphatic rings. The van der Waals surface area contributed by atoms with Gasteiger partial charge in [-0.1, -0.05) is 31.4 Å². The van der Waals surface area contributed by atoms with Crippen LogP contribution >= 0.6 is 0 Å². The van der Waals surface area contributed by atoms with Crippen molar-refractivity contribution in [2.45, 2.75) is 51.0 Å². The highest BCUT2D eigenvalue weighted by Crippen LogP contribution is 2.39. The van der Waals surface area contributed by atoms with E-state index in [1.165, 1.54) is 32.1 Å². The van der Waals surface area contributed by atoms with Crippen LogP contribution in [-0.4, -0.2) is 11.9 Å². The van der Waals surface area contributed by atoms with E-state index in [0.717, 1.165) is 18.8 Å². The third-order valence-electron chi connectivity index (χ3n) is 4.58. The van der Waals surface area contributed by atoms with Crippen molar-refractivity contribution >= 4 is 5.91 Å². The first-order chi connectivity index (χ1) is 7.83. The van der Waals surface area contributed by atoms with E-state index < -0.39 is 0 Å². The Morgan fingerprint density at radius 1 is 1.06 bits per heavy atom. The Hall–Kier alpha value is -0.790. The van der Waals surface area contributed by atoms with E-state index >= 15 is 0 Å². The molecule has 0 heterocycles.